The largest absolute Gasteiger partial charge is 0.292 e. The zero-order valence-corrected chi connectivity index (χ0v) is 21.8. The van der Waals surface area contributed by atoms with Crippen molar-refractivity contribution in [3.05, 3.63) is 114 Å². The molecule has 5 aromatic rings. The van der Waals surface area contributed by atoms with Crippen molar-refractivity contribution < 1.29 is 18.0 Å². The van der Waals surface area contributed by atoms with E-state index in [9.17, 15) is 18.0 Å². The number of tetrazole rings is 1. The van der Waals surface area contributed by atoms with Crippen molar-refractivity contribution in [2.24, 2.45) is 0 Å². The van der Waals surface area contributed by atoms with Gasteiger partial charge in [0.05, 0.1) is 11.3 Å². The molecule has 0 saturated heterocycles. The van der Waals surface area contributed by atoms with Crippen molar-refractivity contribution >= 4 is 33.5 Å². The molecule has 4 aromatic carbocycles. The Morgan fingerprint density at radius 1 is 0.795 bits per heavy atom. The lowest BCUT2D eigenvalue weighted by Crippen LogP contribution is -2.35. The van der Waals surface area contributed by atoms with Crippen LogP contribution in [0.5, 0.6) is 0 Å². The summed E-state index contributed by atoms with van der Waals surface area (Å²) < 4.78 is 27.9. The molecule has 0 aliphatic carbocycles. The fourth-order valence-corrected chi connectivity index (χ4v) is 6.78. The summed E-state index contributed by atoms with van der Waals surface area (Å²) in [6.45, 7) is -0.566. The first kappa shape index (κ1) is 24.7. The van der Waals surface area contributed by atoms with Gasteiger partial charge in [-0.3, -0.25) is 9.59 Å². The molecule has 11 heteroatoms. The third-order valence-corrected chi connectivity index (χ3v) is 9.05. The molecular weight excluding hydrogens is 534 g/mol. The third kappa shape index (κ3) is 4.51. The number of rotatable bonds is 7. The lowest BCUT2D eigenvalue weighted by atomic mass is 10.0. The van der Waals surface area contributed by atoms with Crippen LogP contribution in [0, 0.1) is 0 Å². The van der Waals surface area contributed by atoms with Gasteiger partial charge in [0.2, 0.25) is 5.16 Å². The van der Waals surface area contributed by atoms with Gasteiger partial charge in [-0.1, -0.05) is 72.8 Å². The molecule has 0 spiro atoms. The Kier molecular flexibility index (Phi) is 6.29. The molecule has 0 atom stereocenters. The standard InChI is InChI=1S/C28H19N5O4S2/c34-24(18-32-27(35)23-11-5-7-13-26(23)39(32,36)37)20-16-14-19(15-17-20)22-10-4-6-12-25(22)38-28-29-30-31-33(28)21-8-2-1-3-9-21/h1-17H,18H2. The second-order valence-corrected chi connectivity index (χ2v) is 11.5. The van der Waals surface area contributed by atoms with Crippen molar-refractivity contribution in [1.82, 2.24) is 24.5 Å². The summed E-state index contributed by atoms with van der Waals surface area (Å²) in [6.07, 6.45) is 0. The van der Waals surface area contributed by atoms with Gasteiger partial charge in [0.1, 0.15) is 11.4 Å². The van der Waals surface area contributed by atoms with Crippen LogP contribution in [0.1, 0.15) is 20.7 Å². The first-order valence-electron chi connectivity index (χ1n) is 11.8. The van der Waals surface area contributed by atoms with E-state index in [1.54, 1.807) is 41.1 Å². The van der Waals surface area contributed by atoms with Crippen molar-refractivity contribution in [3.63, 3.8) is 0 Å². The van der Waals surface area contributed by atoms with Crippen LogP contribution in [0.4, 0.5) is 0 Å². The van der Waals surface area contributed by atoms with Crippen molar-refractivity contribution in [2.45, 2.75) is 14.9 Å². The molecule has 1 aliphatic heterocycles. The Morgan fingerprint density at radius 2 is 1.46 bits per heavy atom. The summed E-state index contributed by atoms with van der Waals surface area (Å²) >= 11 is 1.41. The monoisotopic (exact) mass is 553 g/mol. The van der Waals surface area contributed by atoms with Crippen molar-refractivity contribution in [1.29, 1.82) is 0 Å². The van der Waals surface area contributed by atoms with Gasteiger partial charge in [0.15, 0.2) is 5.78 Å². The highest BCUT2D eigenvalue weighted by Crippen LogP contribution is 2.36. The topological polar surface area (TPSA) is 115 Å². The number of aromatic nitrogens is 4. The Balaban J connectivity index is 1.23. The fraction of sp³-hybridized carbons (Fsp3) is 0.0357. The lowest BCUT2D eigenvalue weighted by Gasteiger charge is -2.14. The highest BCUT2D eigenvalue weighted by molar-refractivity contribution is 7.99. The van der Waals surface area contributed by atoms with Gasteiger partial charge in [-0.25, -0.2) is 12.7 Å². The highest BCUT2D eigenvalue weighted by atomic mass is 32.2. The van der Waals surface area contributed by atoms with Crippen LogP contribution < -0.4 is 0 Å². The SMILES string of the molecule is O=C(CN1C(=O)c2ccccc2S1(=O)=O)c1ccc(-c2ccccc2Sc2nnnn2-c2ccccc2)cc1. The van der Waals surface area contributed by atoms with E-state index >= 15 is 0 Å². The third-order valence-electron chi connectivity index (χ3n) is 6.25. The number of Topliss-reactive ketones (excluding diaryl/α,β-unsaturated/α-hetero) is 1. The average molecular weight is 554 g/mol. The summed E-state index contributed by atoms with van der Waals surface area (Å²) in [5.74, 6) is -1.17. The average Bonchev–Trinajstić information content (AvgIpc) is 3.51. The molecule has 1 amide bonds. The van der Waals surface area contributed by atoms with E-state index in [2.05, 4.69) is 15.5 Å². The number of sulfonamides is 1. The molecule has 0 saturated carbocycles. The van der Waals surface area contributed by atoms with Crippen molar-refractivity contribution in [3.8, 4) is 16.8 Å². The molecule has 0 fully saturated rings. The Labute approximate surface area is 228 Å². The predicted octanol–water partition coefficient (Wildman–Crippen LogP) is 4.51. The minimum absolute atomic E-state index is 0.0769. The maximum atomic E-state index is 13.0. The van der Waals surface area contributed by atoms with E-state index in [1.807, 2.05) is 54.6 Å². The van der Waals surface area contributed by atoms with E-state index in [0.717, 1.165) is 21.7 Å². The smallest absolute Gasteiger partial charge is 0.269 e. The molecular formula is C28H19N5O4S2. The summed E-state index contributed by atoms with van der Waals surface area (Å²) in [4.78, 5) is 26.5. The van der Waals surface area contributed by atoms with Gasteiger partial charge >= 0.3 is 0 Å². The highest BCUT2D eigenvalue weighted by Gasteiger charge is 2.41. The molecule has 1 aliphatic rings. The molecule has 0 unspecified atom stereocenters. The summed E-state index contributed by atoms with van der Waals surface area (Å²) in [5, 5.41) is 12.7. The molecule has 2 heterocycles. The predicted molar refractivity (Wildman–Crippen MR) is 144 cm³/mol. The molecule has 39 heavy (non-hydrogen) atoms. The first-order valence-corrected chi connectivity index (χ1v) is 14.1. The second kappa shape index (κ2) is 9.93. The van der Waals surface area contributed by atoms with Crippen molar-refractivity contribution in [2.75, 3.05) is 6.54 Å². The van der Waals surface area contributed by atoms with E-state index in [1.165, 1.54) is 23.9 Å². The van der Waals surface area contributed by atoms with Crippen LogP contribution >= 0.6 is 11.8 Å². The van der Waals surface area contributed by atoms with Gasteiger partial charge in [-0.15, -0.1) is 5.10 Å². The van der Waals surface area contributed by atoms with Gasteiger partial charge in [-0.05, 0) is 63.6 Å². The van der Waals surface area contributed by atoms with E-state index in [-0.39, 0.29) is 10.5 Å². The number of benzene rings is 4. The van der Waals surface area contributed by atoms with E-state index < -0.39 is 28.3 Å². The van der Waals surface area contributed by atoms with Crippen LogP contribution in [-0.4, -0.2) is 51.2 Å². The van der Waals surface area contributed by atoms with Crippen LogP contribution in [0.2, 0.25) is 0 Å². The summed E-state index contributed by atoms with van der Waals surface area (Å²) in [7, 11) is -4.06. The molecule has 1 aromatic heterocycles. The molecule has 9 nitrogen and oxygen atoms in total. The van der Waals surface area contributed by atoms with Crippen LogP contribution in [0.3, 0.4) is 0 Å². The van der Waals surface area contributed by atoms with Gasteiger partial charge in [-0.2, -0.15) is 4.68 Å². The quantitative estimate of drug-likeness (QED) is 0.271. The van der Waals surface area contributed by atoms with E-state index in [4.69, 9.17) is 0 Å². The number of nitrogens with zero attached hydrogens (tertiary/aromatic N) is 5. The Morgan fingerprint density at radius 3 is 2.21 bits per heavy atom. The maximum Gasteiger partial charge on any atom is 0.269 e. The zero-order chi connectivity index (χ0) is 27.0. The number of carbonyl (C=O) groups is 2. The fourth-order valence-electron chi connectivity index (χ4n) is 4.31. The normalized spacial score (nSPS) is 13.8. The number of carbonyl (C=O) groups excluding carboxylic acids is 2. The van der Waals surface area contributed by atoms with Gasteiger partial charge < -0.3 is 0 Å². The second-order valence-electron chi connectivity index (χ2n) is 8.62. The van der Waals surface area contributed by atoms with Crippen LogP contribution in [-0.2, 0) is 10.0 Å². The number of fused-ring (bicyclic) bond motifs is 1. The van der Waals surface area contributed by atoms with Gasteiger partial charge in [0.25, 0.3) is 15.9 Å². The zero-order valence-electron chi connectivity index (χ0n) is 20.2. The van der Waals surface area contributed by atoms with Crippen LogP contribution in [0.15, 0.2) is 118 Å². The summed E-state index contributed by atoms with van der Waals surface area (Å²) in [6, 6.07) is 30.2. The number of para-hydroxylation sites is 1. The number of hydrogen-bond acceptors (Lipinski definition) is 8. The van der Waals surface area contributed by atoms with E-state index in [0.29, 0.717) is 15.0 Å². The number of ketones is 1. The molecule has 0 N–H and O–H groups in total. The Hall–Kier alpha value is -4.61. The Bertz CT molecular complexity index is 1820. The molecule has 6 rings (SSSR count). The first-order chi connectivity index (χ1) is 18.9. The minimum Gasteiger partial charge on any atom is -0.292 e. The molecule has 0 bridgehead atoms. The molecule has 192 valence electrons. The lowest BCUT2D eigenvalue weighted by molar-refractivity contribution is 0.0820. The van der Waals surface area contributed by atoms with Gasteiger partial charge in [0, 0.05) is 10.5 Å². The number of hydrogen-bond donors (Lipinski definition) is 0. The van der Waals surface area contributed by atoms with Crippen LogP contribution in [0.25, 0.3) is 16.8 Å². The molecule has 0 radical (unpaired) electrons. The summed E-state index contributed by atoms with van der Waals surface area (Å²) in [5.41, 5.74) is 2.98. The maximum absolute atomic E-state index is 13.0. The minimum atomic E-state index is -4.06. The number of amides is 1.